The molecule has 1 aromatic carbocycles. The second-order valence-corrected chi connectivity index (χ2v) is 9.02. The molecule has 0 spiro atoms. The number of methoxy groups -OCH3 is 1. The SMILES string of the molecule is COc1cc(C2(NC(=O)OC(C)(C)C)CN(C(=O)OC(C)(C)C)C2)cc(F)c1F. The van der Waals surface area contributed by atoms with Crippen LogP contribution in [0.5, 0.6) is 5.75 Å². The van der Waals surface area contributed by atoms with Crippen molar-refractivity contribution in [1.82, 2.24) is 10.2 Å². The summed E-state index contributed by atoms with van der Waals surface area (Å²) in [7, 11) is 1.21. The summed E-state index contributed by atoms with van der Waals surface area (Å²) in [5.41, 5.74) is -2.38. The molecule has 1 saturated heterocycles. The Morgan fingerprint density at radius 1 is 1.03 bits per heavy atom. The third kappa shape index (κ3) is 5.48. The van der Waals surface area contributed by atoms with Gasteiger partial charge in [0.25, 0.3) is 0 Å². The van der Waals surface area contributed by atoms with E-state index in [2.05, 4.69) is 5.32 Å². The lowest BCUT2D eigenvalue weighted by Gasteiger charge is -2.50. The molecule has 1 aliphatic rings. The number of nitrogens with zero attached hydrogens (tertiary/aromatic N) is 1. The monoisotopic (exact) mass is 414 g/mol. The lowest BCUT2D eigenvalue weighted by atomic mass is 9.82. The van der Waals surface area contributed by atoms with E-state index in [-0.39, 0.29) is 24.4 Å². The predicted molar refractivity (Wildman–Crippen MR) is 102 cm³/mol. The molecule has 1 aliphatic heterocycles. The van der Waals surface area contributed by atoms with E-state index in [0.29, 0.717) is 0 Å². The molecule has 2 amide bonds. The minimum Gasteiger partial charge on any atom is -0.494 e. The molecule has 2 rings (SSSR count). The third-order valence-electron chi connectivity index (χ3n) is 4.08. The van der Waals surface area contributed by atoms with Crippen molar-refractivity contribution in [3.05, 3.63) is 29.3 Å². The van der Waals surface area contributed by atoms with E-state index in [9.17, 15) is 18.4 Å². The van der Waals surface area contributed by atoms with Gasteiger partial charge in [-0.15, -0.1) is 0 Å². The molecule has 1 N–H and O–H groups in total. The molecule has 7 nitrogen and oxygen atoms in total. The molecule has 0 unspecified atom stereocenters. The number of carbonyl (C=O) groups excluding carboxylic acids is 2. The molecule has 29 heavy (non-hydrogen) atoms. The van der Waals surface area contributed by atoms with E-state index in [1.165, 1.54) is 18.1 Å². The molecule has 0 saturated carbocycles. The van der Waals surface area contributed by atoms with E-state index in [0.717, 1.165) is 6.07 Å². The normalized spacial score (nSPS) is 16.0. The van der Waals surface area contributed by atoms with Crippen LogP contribution in [-0.4, -0.2) is 48.5 Å². The summed E-state index contributed by atoms with van der Waals surface area (Å²) in [5.74, 6) is -2.56. The van der Waals surface area contributed by atoms with Crippen LogP contribution in [0.2, 0.25) is 0 Å². The van der Waals surface area contributed by atoms with Crippen molar-refractivity contribution in [2.45, 2.75) is 58.3 Å². The van der Waals surface area contributed by atoms with Crippen LogP contribution in [-0.2, 0) is 15.0 Å². The van der Waals surface area contributed by atoms with E-state index >= 15 is 0 Å². The number of amides is 2. The number of likely N-dealkylation sites (tertiary alicyclic amines) is 1. The molecule has 1 heterocycles. The first-order valence-corrected chi connectivity index (χ1v) is 9.18. The van der Waals surface area contributed by atoms with Gasteiger partial charge in [0, 0.05) is 0 Å². The fraction of sp³-hybridized carbons (Fsp3) is 0.600. The summed E-state index contributed by atoms with van der Waals surface area (Å²) in [5, 5.41) is 2.69. The number of carbonyl (C=O) groups is 2. The van der Waals surface area contributed by atoms with Crippen molar-refractivity contribution in [1.29, 1.82) is 0 Å². The van der Waals surface area contributed by atoms with E-state index in [4.69, 9.17) is 14.2 Å². The van der Waals surface area contributed by atoms with E-state index in [1.54, 1.807) is 41.5 Å². The fourth-order valence-corrected chi connectivity index (χ4v) is 2.88. The minimum absolute atomic E-state index is 0.00458. The van der Waals surface area contributed by atoms with Gasteiger partial charge in [0.15, 0.2) is 11.6 Å². The van der Waals surface area contributed by atoms with Crippen LogP contribution in [0.1, 0.15) is 47.1 Å². The van der Waals surface area contributed by atoms with Gasteiger partial charge in [-0.3, -0.25) is 0 Å². The van der Waals surface area contributed by atoms with Crippen LogP contribution in [0, 0.1) is 11.6 Å². The first-order valence-electron chi connectivity index (χ1n) is 9.18. The maximum absolute atomic E-state index is 14.1. The van der Waals surface area contributed by atoms with Gasteiger partial charge >= 0.3 is 12.2 Å². The predicted octanol–water partition coefficient (Wildman–Crippen LogP) is 3.94. The summed E-state index contributed by atoms with van der Waals surface area (Å²) >= 11 is 0. The second kappa shape index (κ2) is 7.68. The number of hydrogen-bond donors (Lipinski definition) is 1. The van der Waals surface area contributed by atoms with Crippen LogP contribution in [0.25, 0.3) is 0 Å². The highest BCUT2D eigenvalue weighted by Gasteiger charge is 2.50. The molecule has 9 heteroatoms. The first kappa shape index (κ1) is 22.7. The first-order chi connectivity index (χ1) is 13.2. The molecule has 0 aromatic heterocycles. The summed E-state index contributed by atoms with van der Waals surface area (Å²) in [6, 6.07) is 2.27. The van der Waals surface area contributed by atoms with Crippen molar-refractivity contribution in [2.75, 3.05) is 20.2 Å². The van der Waals surface area contributed by atoms with Gasteiger partial charge in [-0.05, 0) is 59.2 Å². The number of rotatable bonds is 3. The smallest absolute Gasteiger partial charge is 0.410 e. The topological polar surface area (TPSA) is 77.1 Å². The van der Waals surface area contributed by atoms with Gasteiger partial charge in [-0.25, -0.2) is 14.0 Å². The fourth-order valence-electron chi connectivity index (χ4n) is 2.88. The highest BCUT2D eigenvalue weighted by molar-refractivity contribution is 5.73. The molecule has 0 aliphatic carbocycles. The Bertz CT molecular complexity index is 793. The number of benzene rings is 1. The van der Waals surface area contributed by atoms with E-state index in [1.807, 2.05) is 0 Å². The third-order valence-corrected chi connectivity index (χ3v) is 4.08. The number of halogens is 2. The molecular formula is C20H28F2N2O5. The average molecular weight is 414 g/mol. The zero-order valence-electron chi connectivity index (χ0n) is 17.8. The molecule has 1 fully saturated rings. The highest BCUT2D eigenvalue weighted by atomic mass is 19.2. The molecule has 0 atom stereocenters. The Hall–Kier alpha value is -2.58. The van der Waals surface area contributed by atoms with Crippen molar-refractivity contribution in [3.63, 3.8) is 0 Å². The standard InChI is InChI=1S/C20H28F2N2O5/c1-18(2,3)28-16(25)23-20(10-24(11-20)17(26)29-19(4,5)6)12-8-13(21)15(22)14(9-12)27-7/h8-9H,10-11H2,1-7H3,(H,23,25). The summed E-state index contributed by atoms with van der Waals surface area (Å²) in [4.78, 5) is 26.1. The quantitative estimate of drug-likeness (QED) is 0.811. The van der Waals surface area contributed by atoms with Crippen molar-refractivity contribution >= 4 is 12.2 Å². The Morgan fingerprint density at radius 2 is 1.59 bits per heavy atom. The van der Waals surface area contributed by atoms with Crippen LogP contribution in [0.15, 0.2) is 12.1 Å². The van der Waals surface area contributed by atoms with Gasteiger partial charge < -0.3 is 24.4 Å². The molecule has 162 valence electrons. The second-order valence-electron chi connectivity index (χ2n) is 9.02. The van der Waals surface area contributed by atoms with Gasteiger partial charge in [-0.1, -0.05) is 0 Å². The number of ether oxygens (including phenoxy) is 3. The Balaban J connectivity index is 2.33. The lowest BCUT2D eigenvalue weighted by molar-refractivity contribution is -0.0231. The van der Waals surface area contributed by atoms with E-state index < -0.39 is 40.6 Å². The summed E-state index contributed by atoms with van der Waals surface area (Å²) < 4.78 is 43.5. The average Bonchev–Trinajstić information content (AvgIpc) is 2.49. The zero-order valence-corrected chi connectivity index (χ0v) is 17.8. The minimum atomic E-state index is -1.18. The van der Waals surface area contributed by atoms with Crippen LogP contribution in [0.4, 0.5) is 18.4 Å². The van der Waals surface area contributed by atoms with Crippen LogP contribution < -0.4 is 10.1 Å². The van der Waals surface area contributed by atoms with Gasteiger partial charge in [-0.2, -0.15) is 4.39 Å². The number of nitrogens with one attached hydrogen (secondary N) is 1. The maximum Gasteiger partial charge on any atom is 0.410 e. The van der Waals surface area contributed by atoms with Crippen LogP contribution >= 0.6 is 0 Å². The zero-order chi connectivity index (χ0) is 22.2. The lowest BCUT2D eigenvalue weighted by Crippen LogP contribution is -2.69. The van der Waals surface area contributed by atoms with Crippen molar-refractivity contribution < 1.29 is 32.6 Å². The Labute approximate surface area is 169 Å². The van der Waals surface area contributed by atoms with Crippen molar-refractivity contribution in [2.24, 2.45) is 0 Å². The molecular weight excluding hydrogens is 386 g/mol. The van der Waals surface area contributed by atoms with Gasteiger partial charge in [0.05, 0.1) is 20.2 Å². The molecule has 0 radical (unpaired) electrons. The van der Waals surface area contributed by atoms with Crippen molar-refractivity contribution in [3.8, 4) is 5.75 Å². The van der Waals surface area contributed by atoms with Gasteiger partial charge in [0.1, 0.15) is 16.7 Å². The summed E-state index contributed by atoms with van der Waals surface area (Å²) in [6.45, 7) is 10.3. The van der Waals surface area contributed by atoms with Gasteiger partial charge in [0.2, 0.25) is 5.82 Å². The highest BCUT2D eigenvalue weighted by Crippen LogP contribution is 2.36. The number of hydrogen-bond acceptors (Lipinski definition) is 5. The Morgan fingerprint density at radius 3 is 2.07 bits per heavy atom. The Kier molecular flexibility index (Phi) is 6.02. The number of alkyl carbamates (subject to hydrolysis) is 1. The molecule has 1 aromatic rings. The summed E-state index contributed by atoms with van der Waals surface area (Å²) in [6.07, 6.45) is -1.32. The van der Waals surface area contributed by atoms with Crippen LogP contribution in [0.3, 0.4) is 0 Å². The maximum atomic E-state index is 14.1. The molecule has 0 bridgehead atoms. The largest absolute Gasteiger partial charge is 0.494 e.